The van der Waals surface area contributed by atoms with Crippen molar-refractivity contribution in [1.29, 1.82) is 0 Å². The van der Waals surface area contributed by atoms with Crippen molar-refractivity contribution in [2.45, 2.75) is 66.8 Å². The van der Waals surface area contributed by atoms with Crippen LogP contribution in [-0.4, -0.2) is 16.2 Å². The Balaban J connectivity index is 2.59. The number of aromatic nitrogens is 2. The fourth-order valence-electron chi connectivity index (χ4n) is 2.27. The van der Waals surface area contributed by atoms with Crippen LogP contribution in [0, 0.1) is 17.8 Å². The van der Waals surface area contributed by atoms with Gasteiger partial charge in [0.25, 0.3) is 0 Å². The summed E-state index contributed by atoms with van der Waals surface area (Å²) in [6.07, 6.45) is 3.41. The minimum atomic E-state index is 0.514. The molecule has 0 radical (unpaired) electrons. The molecule has 0 aliphatic heterocycles. The number of hydrogen-bond acceptors (Lipinski definition) is 4. The Morgan fingerprint density at radius 1 is 0.895 bits per heavy atom. The van der Waals surface area contributed by atoms with E-state index >= 15 is 0 Å². The maximum Gasteiger partial charge on any atom is 0.205 e. The molecule has 1 aromatic rings. The SMILES string of the molecule is CC(C)Cc1nnc(NC(CC(C)C)CC(C)C)s1. The Morgan fingerprint density at radius 2 is 1.47 bits per heavy atom. The van der Waals surface area contributed by atoms with E-state index in [1.54, 1.807) is 11.3 Å². The molecule has 0 aromatic carbocycles. The van der Waals surface area contributed by atoms with E-state index < -0.39 is 0 Å². The first kappa shape index (κ1) is 16.4. The number of rotatable bonds is 8. The molecule has 0 spiro atoms. The highest BCUT2D eigenvalue weighted by Gasteiger charge is 2.15. The molecule has 0 amide bonds. The van der Waals surface area contributed by atoms with Gasteiger partial charge in [-0.05, 0) is 30.6 Å². The van der Waals surface area contributed by atoms with Crippen LogP contribution in [0.3, 0.4) is 0 Å². The molecule has 0 bridgehead atoms. The topological polar surface area (TPSA) is 37.8 Å². The van der Waals surface area contributed by atoms with Crippen molar-refractivity contribution in [2.75, 3.05) is 5.32 Å². The third kappa shape index (κ3) is 6.90. The molecule has 0 aliphatic carbocycles. The fraction of sp³-hybridized carbons (Fsp3) is 0.867. The van der Waals surface area contributed by atoms with Crippen LogP contribution >= 0.6 is 11.3 Å². The van der Waals surface area contributed by atoms with Gasteiger partial charge in [0.15, 0.2) is 0 Å². The van der Waals surface area contributed by atoms with Gasteiger partial charge in [0.2, 0.25) is 5.13 Å². The van der Waals surface area contributed by atoms with Crippen LogP contribution in [0.25, 0.3) is 0 Å². The van der Waals surface area contributed by atoms with Crippen molar-refractivity contribution < 1.29 is 0 Å². The average Bonchev–Trinajstić information content (AvgIpc) is 2.61. The van der Waals surface area contributed by atoms with Crippen molar-refractivity contribution in [1.82, 2.24) is 10.2 Å². The Kier molecular flexibility index (Phi) is 6.76. The molecule has 0 saturated heterocycles. The van der Waals surface area contributed by atoms with E-state index in [0.717, 1.165) is 16.6 Å². The maximum absolute atomic E-state index is 4.28. The zero-order chi connectivity index (χ0) is 14.4. The van der Waals surface area contributed by atoms with Crippen LogP contribution in [0.4, 0.5) is 5.13 Å². The standard InChI is InChI=1S/C15H29N3S/c1-10(2)7-13(8-11(3)4)16-15-18-17-14(19-15)9-12(5)6/h10-13H,7-9H2,1-6H3,(H,16,18). The van der Waals surface area contributed by atoms with Gasteiger partial charge in [0.05, 0.1) is 0 Å². The lowest BCUT2D eigenvalue weighted by Crippen LogP contribution is -2.23. The van der Waals surface area contributed by atoms with E-state index in [1.807, 2.05) is 0 Å². The molecule has 1 rings (SSSR count). The van der Waals surface area contributed by atoms with Crippen LogP contribution in [0.1, 0.15) is 59.4 Å². The van der Waals surface area contributed by atoms with Crippen LogP contribution in [0.5, 0.6) is 0 Å². The highest BCUT2D eigenvalue weighted by Crippen LogP contribution is 2.23. The third-order valence-corrected chi connectivity index (χ3v) is 3.77. The Hall–Kier alpha value is -0.640. The molecule has 1 heterocycles. The Labute approximate surface area is 122 Å². The van der Waals surface area contributed by atoms with Crippen molar-refractivity contribution in [2.24, 2.45) is 17.8 Å². The molecule has 0 aliphatic rings. The molecule has 1 N–H and O–H groups in total. The Morgan fingerprint density at radius 3 is 1.95 bits per heavy atom. The summed E-state index contributed by atoms with van der Waals surface area (Å²) in [5, 5.41) is 14.3. The number of anilines is 1. The van der Waals surface area contributed by atoms with Crippen LogP contribution in [0.2, 0.25) is 0 Å². The van der Waals surface area contributed by atoms with Crippen molar-refractivity contribution in [3.8, 4) is 0 Å². The van der Waals surface area contributed by atoms with Gasteiger partial charge in [0.1, 0.15) is 5.01 Å². The predicted molar refractivity (Wildman–Crippen MR) is 84.8 cm³/mol. The molecular formula is C15H29N3S. The van der Waals surface area contributed by atoms with E-state index in [2.05, 4.69) is 57.1 Å². The van der Waals surface area contributed by atoms with Crippen molar-refractivity contribution >= 4 is 16.5 Å². The summed E-state index contributed by atoms with van der Waals surface area (Å²) in [6, 6.07) is 0.514. The summed E-state index contributed by atoms with van der Waals surface area (Å²) in [5.41, 5.74) is 0. The summed E-state index contributed by atoms with van der Waals surface area (Å²) >= 11 is 1.71. The van der Waals surface area contributed by atoms with Gasteiger partial charge in [-0.25, -0.2) is 0 Å². The van der Waals surface area contributed by atoms with E-state index in [1.165, 1.54) is 12.8 Å². The van der Waals surface area contributed by atoms with Gasteiger partial charge in [0, 0.05) is 12.5 Å². The lowest BCUT2D eigenvalue weighted by atomic mass is 9.96. The second-order valence-electron chi connectivity index (χ2n) is 6.70. The lowest BCUT2D eigenvalue weighted by Gasteiger charge is -2.21. The molecule has 0 atom stereocenters. The van der Waals surface area contributed by atoms with Crippen molar-refractivity contribution in [3.63, 3.8) is 0 Å². The third-order valence-electron chi connectivity index (χ3n) is 2.89. The highest BCUT2D eigenvalue weighted by molar-refractivity contribution is 7.15. The van der Waals surface area contributed by atoms with Gasteiger partial charge in [-0.1, -0.05) is 52.9 Å². The normalized spacial score (nSPS) is 12.1. The average molecular weight is 283 g/mol. The smallest absolute Gasteiger partial charge is 0.205 e. The second kappa shape index (κ2) is 7.83. The fourth-order valence-corrected chi connectivity index (χ4v) is 3.30. The summed E-state index contributed by atoms with van der Waals surface area (Å²) in [7, 11) is 0. The summed E-state index contributed by atoms with van der Waals surface area (Å²) in [6.45, 7) is 13.5. The largest absolute Gasteiger partial charge is 0.357 e. The first-order valence-electron chi connectivity index (χ1n) is 7.45. The molecule has 0 fully saturated rings. The first-order chi connectivity index (χ1) is 8.86. The zero-order valence-corrected chi connectivity index (χ0v) is 14.0. The van der Waals surface area contributed by atoms with E-state index in [4.69, 9.17) is 0 Å². The Bertz CT molecular complexity index is 348. The molecule has 1 aromatic heterocycles. The summed E-state index contributed by atoms with van der Waals surface area (Å²) in [4.78, 5) is 0. The van der Waals surface area contributed by atoms with E-state index in [-0.39, 0.29) is 0 Å². The van der Waals surface area contributed by atoms with Gasteiger partial charge in [-0.2, -0.15) is 0 Å². The van der Waals surface area contributed by atoms with E-state index in [9.17, 15) is 0 Å². The van der Waals surface area contributed by atoms with Gasteiger partial charge >= 0.3 is 0 Å². The highest BCUT2D eigenvalue weighted by atomic mass is 32.1. The molecule has 3 nitrogen and oxygen atoms in total. The van der Waals surface area contributed by atoms with Gasteiger partial charge < -0.3 is 5.32 Å². The van der Waals surface area contributed by atoms with Crippen LogP contribution < -0.4 is 5.32 Å². The number of nitrogens with one attached hydrogen (secondary N) is 1. The van der Waals surface area contributed by atoms with Crippen molar-refractivity contribution in [3.05, 3.63) is 5.01 Å². The van der Waals surface area contributed by atoms with E-state index in [0.29, 0.717) is 23.8 Å². The second-order valence-corrected chi connectivity index (χ2v) is 7.76. The maximum atomic E-state index is 4.28. The number of hydrogen-bond donors (Lipinski definition) is 1. The summed E-state index contributed by atoms with van der Waals surface area (Å²) in [5.74, 6) is 2.06. The van der Waals surface area contributed by atoms with Gasteiger partial charge in [-0.15, -0.1) is 10.2 Å². The molecule has 0 saturated carbocycles. The number of nitrogens with zero attached hydrogens (tertiary/aromatic N) is 2. The monoisotopic (exact) mass is 283 g/mol. The molecule has 110 valence electrons. The minimum Gasteiger partial charge on any atom is -0.357 e. The molecular weight excluding hydrogens is 254 g/mol. The molecule has 4 heteroatoms. The minimum absolute atomic E-state index is 0.514. The quantitative estimate of drug-likeness (QED) is 0.757. The van der Waals surface area contributed by atoms with Crippen LogP contribution in [0.15, 0.2) is 0 Å². The first-order valence-corrected chi connectivity index (χ1v) is 8.27. The predicted octanol–water partition coefficient (Wildman–Crippen LogP) is 4.61. The lowest BCUT2D eigenvalue weighted by molar-refractivity contribution is 0.442. The van der Waals surface area contributed by atoms with Crippen LogP contribution in [-0.2, 0) is 6.42 Å². The zero-order valence-electron chi connectivity index (χ0n) is 13.2. The summed E-state index contributed by atoms with van der Waals surface area (Å²) < 4.78 is 0. The van der Waals surface area contributed by atoms with Gasteiger partial charge in [-0.3, -0.25) is 0 Å². The molecule has 19 heavy (non-hydrogen) atoms. The molecule has 0 unspecified atom stereocenters.